The van der Waals surface area contributed by atoms with E-state index in [4.69, 9.17) is 21.1 Å². The van der Waals surface area contributed by atoms with E-state index < -0.39 is 6.04 Å². The van der Waals surface area contributed by atoms with Crippen LogP contribution in [0.2, 0.25) is 5.02 Å². The van der Waals surface area contributed by atoms with Crippen molar-refractivity contribution >= 4 is 23.4 Å². The second kappa shape index (κ2) is 15.0. The minimum atomic E-state index is -0.528. The van der Waals surface area contributed by atoms with Gasteiger partial charge in [0.15, 0.2) is 11.5 Å². The van der Waals surface area contributed by atoms with Crippen molar-refractivity contribution in [2.45, 2.75) is 52.1 Å². The minimum Gasteiger partial charge on any atom is -0.493 e. The van der Waals surface area contributed by atoms with E-state index in [1.807, 2.05) is 52.6 Å². The highest BCUT2D eigenvalue weighted by Gasteiger charge is 2.24. The number of benzene rings is 1. The molecule has 4 aromatic rings. The van der Waals surface area contributed by atoms with E-state index >= 15 is 0 Å². The summed E-state index contributed by atoms with van der Waals surface area (Å²) in [7, 11) is 1.61. The fourth-order valence-corrected chi connectivity index (χ4v) is 5.47. The molecular weight excluding hydrogens is 596 g/mol. The Balaban J connectivity index is 1.41. The van der Waals surface area contributed by atoms with E-state index in [9.17, 15) is 9.59 Å². The number of carbonyl (C=O) groups excluding carboxylic acids is 2. The van der Waals surface area contributed by atoms with E-state index in [1.165, 1.54) is 6.20 Å². The molecule has 0 fully saturated rings. The van der Waals surface area contributed by atoms with Crippen molar-refractivity contribution in [1.29, 1.82) is 0 Å². The molecule has 1 aromatic carbocycles. The SMILES string of the molecule is CCc1ncc(C(=O)N2CCCCN(C(=O)C(C)n3cc(Cl)cn3)CCn3ccnc3-c3ccc(OC)c(c3)OCCC2)cn1. The van der Waals surface area contributed by atoms with E-state index in [-0.39, 0.29) is 11.8 Å². The Morgan fingerprint density at radius 2 is 1.76 bits per heavy atom. The van der Waals surface area contributed by atoms with Gasteiger partial charge in [-0.15, -0.1) is 0 Å². The first kappa shape index (κ1) is 32.0. The zero-order chi connectivity index (χ0) is 31.8. The Morgan fingerprint density at radius 3 is 2.47 bits per heavy atom. The number of aromatic nitrogens is 6. The molecule has 0 N–H and O–H groups in total. The van der Waals surface area contributed by atoms with Crippen molar-refractivity contribution in [2.75, 3.05) is 39.9 Å². The van der Waals surface area contributed by atoms with Crippen LogP contribution in [0.25, 0.3) is 11.4 Å². The zero-order valence-corrected chi connectivity index (χ0v) is 26.7. The number of imidazole rings is 1. The summed E-state index contributed by atoms with van der Waals surface area (Å²) < 4.78 is 15.4. The number of fused-ring (bicyclic) bond motifs is 4. The molecule has 0 aliphatic carbocycles. The van der Waals surface area contributed by atoms with Gasteiger partial charge in [-0.3, -0.25) is 14.3 Å². The fraction of sp³-hybridized carbons (Fsp3) is 0.438. The highest BCUT2D eigenvalue weighted by atomic mass is 35.5. The molecule has 238 valence electrons. The normalized spacial score (nSPS) is 15.5. The maximum Gasteiger partial charge on any atom is 0.256 e. The molecular formula is C32H39ClN8O4. The molecule has 1 unspecified atom stereocenters. The Labute approximate surface area is 267 Å². The highest BCUT2D eigenvalue weighted by Crippen LogP contribution is 2.32. The molecule has 3 aromatic heterocycles. The van der Waals surface area contributed by atoms with Crippen LogP contribution in [0, 0.1) is 0 Å². The number of hydrogen-bond donors (Lipinski definition) is 0. The predicted octanol–water partition coefficient (Wildman–Crippen LogP) is 4.56. The molecule has 2 bridgehead atoms. The smallest absolute Gasteiger partial charge is 0.256 e. The summed E-state index contributed by atoms with van der Waals surface area (Å²) in [5.41, 5.74) is 1.32. The van der Waals surface area contributed by atoms with Crippen LogP contribution >= 0.6 is 11.6 Å². The van der Waals surface area contributed by atoms with Crippen LogP contribution in [-0.2, 0) is 17.8 Å². The minimum absolute atomic E-state index is 0.0597. The second-order valence-corrected chi connectivity index (χ2v) is 11.3. The Bertz CT molecular complexity index is 1590. The molecule has 5 rings (SSSR count). The number of rotatable bonds is 5. The van der Waals surface area contributed by atoms with E-state index in [0.29, 0.717) is 92.9 Å². The van der Waals surface area contributed by atoms with Gasteiger partial charge >= 0.3 is 0 Å². The predicted molar refractivity (Wildman–Crippen MR) is 169 cm³/mol. The molecule has 4 heterocycles. The number of halogens is 1. The first-order valence-corrected chi connectivity index (χ1v) is 15.7. The Morgan fingerprint density at radius 1 is 1.00 bits per heavy atom. The molecule has 0 saturated heterocycles. The van der Waals surface area contributed by atoms with Crippen molar-refractivity contribution in [1.82, 2.24) is 39.1 Å². The van der Waals surface area contributed by atoms with Crippen LogP contribution in [0.3, 0.4) is 0 Å². The third kappa shape index (κ3) is 7.80. The molecule has 13 heteroatoms. The van der Waals surface area contributed by atoms with Gasteiger partial charge in [0.2, 0.25) is 5.91 Å². The first-order valence-electron chi connectivity index (χ1n) is 15.3. The van der Waals surface area contributed by atoms with E-state index in [0.717, 1.165) is 11.4 Å². The lowest BCUT2D eigenvalue weighted by Crippen LogP contribution is -2.39. The topological polar surface area (TPSA) is 121 Å². The summed E-state index contributed by atoms with van der Waals surface area (Å²) in [5, 5.41) is 4.73. The maximum atomic E-state index is 13.8. The summed E-state index contributed by atoms with van der Waals surface area (Å²) in [5.74, 6) is 2.48. The molecule has 1 atom stereocenters. The standard InChI is InChI=1S/C32H39ClN8O4/c1-4-29-35-19-25(20-36-29)32(43)39-11-5-6-12-40(31(42)23(2)41-22-26(33)21-37-41)16-15-38-14-10-34-30(38)24-8-9-27(44-3)28(18-24)45-17-7-13-39/h8-10,14,18-23H,4-7,11-13,15-17H2,1-3H3. The molecule has 0 saturated carbocycles. The third-order valence-corrected chi connectivity index (χ3v) is 8.07. The molecule has 0 radical (unpaired) electrons. The van der Waals surface area contributed by atoms with Crippen LogP contribution in [0.4, 0.5) is 0 Å². The van der Waals surface area contributed by atoms with Gasteiger partial charge in [-0.05, 0) is 44.4 Å². The van der Waals surface area contributed by atoms with Crippen LogP contribution in [0.1, 0.15) is 55.3 Å². The number of aryl methyl sites for hydroxylation is 1. The number of ether oxygens (including phenoxy) is 2. The van der Waals surface area contributed by atoms with Crippen molar-refractivity contribution < 1.29 is 19.1 Å². The number of hydrogen-bond acceptors (Lipinski definition) is 8. The maximum absolute atomic E-state index is 13.8. The summed E-state index contributed by atoms with van der Waals surface area (Å²) in [4.78, 5) is 44.2. The molecule has 1 aliphatic heterocycles. The monoisotopic (exact) mass is 634 g/mol. The van der Waals surface area contributed by atoms with Crippen LogP contribution < -0.4 is 9.47 Å². The van der Waals surface area contributed by atoms with Gasteiger partial charge < -0.3 is 23.8 Å². The van der Waals surface area contributed by atoms with E-state index in [2.05, 4.69) is 20.1 Å². The average molecular weight is 635 g/mol. The Kier molecular flexibility index (Phi) is 10.7. The zero-order valence-electron chi connectivity index (χ0n) is 25.9. The van der Waals surface area contributed by atoms with Crippen molar-refractivity contribution in [2.24, 2.45) is 0 Å². The largest absolute Gasteiger partial charge is 0.493 e. The lowest BCUT2D eigenvalue weighted by atomic mass is 10.2. The van der Waals surface area contributed by atoms with Gasteiger partial charge in [-0.2, -0.15) is 5.10 Å². The van der Waals surface area contributed by atoms with Gasteiger partial charge in [-0.25, -0.2) is 15.0 Å². The number of methoxy groups -OCH3 is 1. The first-order chi connectivity index (χ1) is 21.9. The summed E-state index contributed by atoms with van der Waals surface area (Å²) in [6.07, 6.45) is 12.8. The molecule has 1 aliphatic rings. The van der Waals surface area contributed by atoms with Crippen molar-refractivity contribution in [3.63, 3.8) is 0 Å². The summed E-state index contributed by atoms with van der Waals surface area (Å²) >= 11 is 6.09. The lowest BCUT2D eigenvalue weighted by Gasteiger charge is -2.27. The molecule has 0 spiro atoms. The summed E-state index contributed by atoms with van der Waals surface area (Å²) in [6, 6.07) is 5.19. The van der Waals surface area contributed by atoms with Crippen LogP contribution in [-0.4, -0.2) is 90.8 Å². The quantitative estimate of drug-likeness (QED) is 0.313. The Hall–Kier alpha value is -4.45. The number of amides is 2. The van der Waals surface area contributed by atoms with Crippen molar-refractivity contribution in [3.8, 4) is 22.9 Å². The van der Waals surface area contributed by atoms with Gasteiger partial charge in [0.1, 0.15) is 17.7 Å². The summed E-state index contributed by atoms with van der Waals surface area (Å²) in [6.45, 7) is 6.71. The number of nitrogens with zero attached hydrogens (tertiary/aromatic N) is 8. The van der Waals surface area contributed by atoms with E-state index in [1.54, 1.807) is 36.6 Å². The molecule has 45 heavy (non-hydrogen) atoms. The lowest BCUT2D eigenvalue weighted by molar-refractivity contribution is -0.134. The van der Waals surface area contributed by atoms with Gasteiger partial charge in [0, 0.05) is 75.7 Å². The van der Waals surface area contributed by atoms with Gasteiger partial charge in [0.25, 0.3) is 5.91 Å². The molecule has 2 amide bonds. The average Bonchev–Trinajstić information content (AvgIpc) is 3.73. The van der Waals surface area contributed by atoms with Crippen LogP contribution in [0.5, 0.6) is 11.5 Å². The van der Waals surface area contributed by atoms with Gasteiger partial charge in [-0.1, -0.05) is 18.5 Å². The van der Waals surface area contributed by atoms with Crippen LogP contribution in [0.15, 0.2) is 55.4 Å². The number of carbonyl (C=O) groups is 2. The van der Waals surface area contributed by atoms with Gasteiger partial charge in [0.05, 0.1) is 30.5 Å². The third-order valence-electron chi connectivity index (χ3n) is 7.88. The second-order valence-electron chi connectivity index (χ2n) is 10.9. The fourth-order valence-electron chi connectivity index (χ4n) is 5.33. The highest BCUT2D eigenvalue weighted by molar-refractivity contribution is 6.30. The molecule has 12 nitrogen and oxygen atoms in total. The van der Waals surface area contributed by atoms with Crippen molar-refractivity contribution in [3.05, 3.63) is 71.8 Å².